The number of rotatable bonds is 5. The van der Waals surface area contributed by atoms with E-state index in [4.69, 9.17) is 4.74 Å². The van der Waals surface area contributed by atoms with Gasteiger partial charge in [-0.2, -0.15) is 0 Å². The van der Waals surface area contributed by atoms with Crippen LogP contribution in [-0.2, 0) is 10.0 Å². The normalized spacial score (nSPS) is 19.8. The lowest BCUT2D eigenvalue weighted by atomic mass is 10.1. The molecule has 0 amide bonds. The van der Waals surface area contributed by atoms with E-state index in [9.17, 15) is 8.42 Å². The van der Waals surface area contributed by atoms with Crippen LogP contribution in [0.5, 0.6) is 5.75 Å². The van der Waals surface area contributed by atoms with Gasteiger partial charge in [-0.15, -0.1) is 0 Å². The lowest BCUT2D eigenvalue weighted by Crippen LogP contribution is -2.45. The SMILES string of the molecule is CCOc1ccc(S(=O)(=O)NC2CCCNC2)cc1C. The van der Waals surface area contributed by atoms with Gasteiger partial charge in [-0.3, -0.25) is 0 Å². The Kier molecular flexibility index (Phi) is 5.01. The van der Waals surface area contributed by atoms with Gasteiger partial charge in [0.15, 0.2) is 0 Å². The van der Waals surface area contributed by atoms with Gasteiger partial charge in [0.25, 0.3) is 0 Å². The molecule has 0 spiro atoms. The third kappa shape index (κ3) is 3.71. The number of benzene rings is 1. The van der Waals surface area contributed by atoms with Gasteiger partial charge >= 0.3 is 0 Å². The summed E-state index contributed by atoms with van der Waals surface area (Å²) in [6, 6.07) is 4.94. The fourth-order valence-electron chi connectivity index (χ4n) is 2.35. The van der Waals surface area contributed by atoms with Crippen molar-refractivity contribution in [2.24, 2.45) is 0 Å². The topological polar surface area (TPSA) is 67.4 Å². The molecule has 1 atom stereocenters. The third-order valence-corrected chi connectivity index (χ3v) is 4.89. The van der Waals surface area contributed by atoms with E-state index in [1.807, 2.05) is 13.8 Å². The first-order valence-corrected chi connectivity index (χ1v) is 8.47. The molecule has 0 radical (unpaired) electrons. The predicted molar refractivity (Wildman–Crippen MR) is 78.6 cm³/mol. The van der Waals surface area contributed by atoms with E-state index in [0.717, 1.165) is 30.7 Å². The highest BCUT2D eigenvalue weighted by molar-refractivity contribution is 7.89. The van der Waals surface area contributed by atoms with E-state index in [1.54, 1.807) is 18.2 Å². The Labute approximate surface area is 120 Å². The Bertz CT molecular complexity index is 552. The largest absolute Gasteiger partial charge is 0.494 e. The van der Waals surface area contributed by atoms with E-state index in [1.165, 1.54) is 0 Å². The summed E-state index contributed by atoms with van der Waals surface area (Å²) >= 11 is 0. The molecule has 5 nitrogen and oxygen atoms in total. The van der Waals surface area contributed by atoms with E-state index in [-0.39, 0.29) is 6.04 Å². The van der Waals surface area contributed by atoms with Gasteiger partial charge < -0.3 is 10.1 Å². The first-order chi connectivity index (χ1) is 9.53. The molecule has 2 rings (SSSR count). The van der Waals surface area contributed by atoms with Gasteiger partial charge in [-0.1, -0.05) is 0 Å². The van der Waals surface area contributed by atoms with Crippen LogP contribution in [0.4, 0.5) is 0 Å². The van der Waals surface area contributed by atoms with Crippen LogP contribution in [0.1, 0.15) is 25.3 Å². The maximum atomic E-state index is 12.3. The van der Waals surface area contributed by atoms with Gasteiger partial charge in [-0.05, 0) is 57.0 Å². The zero-order valence-corrected chi connectivity index (χ0v) is 12.8. The zero-order valence-electron chi connectivity index (χ0n) is 12.0. The van der Waals surface area contributed by atoms with Crippen LogP contribution in [0.2, 0.25) is 0 Å². The summed E-state index contributed by atoms with van der Waals surface area (Å²) in [7, 11) is -3.46. The Morgan fingerprint density at radius 3 is 2.85 bits per heavy atom. The third-order valence-electron chi connectivity index (χ3n) is 3.38. The second kappa shape index (κ2) is 6.56. The number of hydrogen-bond donors (Lipinski definition) is 2. The van der Waals surface area contributed by atoms with Gasteiger partial charge in [0.1, 0.15) is 5.75 Å². The highest BCUT2D eigenvalue weighted by atomic mass is 32.2. The second-order valence-corrected chi connectivity index (χ2v) is 6.74. The maximum absolute atomic E-state index is 12.3. The fraction of sp³-hybridized carbons (Fsp3) is 0.571. The molecule has 1 saturated heterocycles. The fourth-order valence-corrected chi connectivity index (χ4v) is 3.70. The van der Waals surface area contributed by atoms with Gasteiger partial charge in [-0.25, -0.2) is 13.1 Å². The molecule has 112 valence electrons. The monoisotopic (exact) mass is 298 g/mol. The molecule has 2 N–H and O–H groups in total. The Balaban J connectivity index is 2.14. The van der Waals surface area contributed by atoms with Crippen LogP contribution < -0.4 is 14.8 Å². The summed E-state index contributed by atoms with van der Waals surface area (Å²) in [5.41, 5.74) is 0.830. The van der Waals surface area contributed by atoms with Crippen molar-refractivity contribution in [1.29, 1.82) is 0 Å². The summed E-state index contributed by atoms with van der Waals surface area (Å²) in [5, 5.41) is 3.20. The van der Waals surface area contributed by atoms with E-state index >= 15 is 0 Å². The number of hydrogen-bond acceptors (Lipinski definition) is 4. The highest BCUT2D eigenvalue weighted by Gasteiger charge is 2.22. The molecule has 0 saturated carbocycles. The molecule has 1 aromatic carbocycles. The minimum atomic E-state index is -3.46. The number of sulfonamides is 1. The molecule has 1 aliphatic rings. The van der Waals surface area contributed by atoms with Gasteiger partial charge in [0, 0.05) is 12.6 Å². The van der Waals surface area contributed by atoms with Crippen LogP contribution in [-0.4, -0.2) is 34.2 Å². The molecule has 0 bridgehead atoms. The quantitative estimate of drug-likeness (QED) is 0.863. The van der Waals surface area contributed by atoms with E-state index < -0.39 is 10.0 Å². The Morgan fingerprint density at radius 2 is 2.25 bits per heavy atom. The van der Waals surface area contributed by atoms with Crippen molar-refractivity contribution in [3.05, 3.63) is 23.8 Å². The molecule has 0 aliphatic carbocycles. The minimum absolute atomic E-state index is 0.0272. The standard InChI is InChI=1S/C14H22N2O3S/c1-3-19-14-7-6-13(9-11(14)2)20(17,18)16-12-5-4-8-15-10-12/h6-7,9,12,15-16H,3-5,8,10H2,1-2H3. The second-order valence-electron chi connectivity index (χ2n) is 5.02. The predicted octanol–water partition coefficient (Wildman–Crippen LogP) is 1.42. The summed E-state index contributed by atoms with van der Waals surface area (Å²) in [6.07, 6.45) is 1.87. The molecule has 1 aliphatic heterocycles. The first kappa shape index (κ1) is 15.3. The van der Waals surface area contributed by atoms with Gasteiger partial charge in [0.05, 0.1) is 11.5 Å². The van der Waals surface area contributed by atoms with E-state index in [0.29, 0.717) is 18.0 Å². The highest BCUT2D eigenvalue weighted by Crippen LogP contribution is 2.22. The van der Waals surface area contributed by atoms with Crippen LogP contribution in [0.3, 0.4) is 0 Å². The lowest BCUT2D eigenvalue weighted by molar-refractivity contribution is 0.337. The molecular weight excluding hydrogens is 276 g/mol. The van der Waals surface area contributed by atoms with Crippen LogP contribution in [0, 0.1) is 6.92 Å². The average molecular weight is 298 g/mol. The van der Waals surface area contributed by atoms with Crippen LogP contribution in [0.15, 0.2) is 23.1 Å². The number of nitrogens with one attached hydrogen (secondary N) is 2. The number of piperidine rings is 1. The molecule has 6 heteroatoms. The molecule has 1 fully saturated rings. The molecule has 20 heavy (non-hydrogen) atoms. The summed E-state index contributed by atoms with van der Waals surface area (Å²) in [6.45, 7) is 5.97. The number of ether oxygens (including phenoxy) is 1. The Hall–Kier alpha value is -1.11. The summed E-state index contributed by atoms with van der Waals surface area (Å²) in [5.74, 6) is 0.728. The molecule has 1 heterocycles. The zero-order chi connectivity index (χ0) is 14.6. The van der Waals surface area contributed by atoms with Crippen molar-refractivity contribution in [1.82, 2.24) is 10.0 Å². The maximum Gasteiger partial charge on any atom is 0.240 e. The number of aryl methyl sites for hydroxylation is 1. The molecular formula is C14H22N2O3S. The van der Waals surface area contributed by atoms with Crippen molar-refractivity contribution >= 4 is 10.0 Å². The van der Waals surface area contributed by atoms with Crippen molar-refractivity contribution < 1.29 is 13.2 Å². The smallest absolute Gasteiger partial charge is 0.240 e. The van der Waals surface area contributed by atoms with Crippen molar-refractivity contribution in [2.45, 2.75) is 37.6 Å². The Morgan fingerprint density at radius 1 is 1.45 bits per heavy atom. The van der Waals surface area contributed by atoms with Crippen molar-refractivity contribution in [3.63, 3.8) is 0 Å². The molecule has 1 unspecified atom stereocenters. The van der Waals surface area contributed by atoms with Crippen LogP contribution in [0.25, 0.3) is 0 Å². The van der Waals surface area contributed by atoms with Crippen molar-refractivity contribution in [2.75, 3.05) is 19.7 Å². The lowest BCUT2D eigenvalue weighted by Gasteiger charge is -2.23. The summed E-state index contributed by atoms with van der Waals surface area (Å²) < 4.78 is 32.9. The van der Waals surface area contributed by atoms with Gasteiger partial charge in [0.2, 0.25) is 10.0 Å². The average Bonchev–Trinajstić information content (AvgIpc) is 2.42. The van der Waals surface area contributed by atoms with E-state index in [2.05, 4.69) is 10.0 Å². The summed E-state index contributed by atoms with van der Waals surface area (Å²) in [4.78, 5) is 0.295. The first-order valence-electron chi connectivity index (χ1n) is 6.99. The molecule has 1 aromatic rings. The van der Waals surface area contributed by atoms with Crippen LogP contribution >= 0.6 is 0 Å². The molecule has 0 aromatic heterocycles. The minimum Gasteiger partial charge on any atom is -0.494 e. The van der Waals surface area contributed by atoms with Crippen molar-refractivity contribution in [3.8, 4) is 5.75 Å².